The summed E-state index contributed by atoms with van der Waals surface area (Å²) in [5.41, 5.74) is 2.19. The van der Waals surface area contributed by atoms with Crippen molar-refractivity contribution in [3.63, 3.8) is 0 Å². The molecule has 1 heterocycles. The molecular weight excluding hydrogens is 501 g/mol. The molecule has 9 heteroatoms. The summed E-state index contributed by atoms with van der Waals surface area (Å²) < 4.78 is 46.1. The predicted octanol–water partition coefficient (Wildman–Crippen LogP) is 5.77. The molecule has 2 aliphatic rings. The Labute approximate surface area is 218 Å². The number of esters is 1. The van der Waals surface area contributed by atoms with E-state index in [1.54, 1.807) is 25.1 Å². The Balaban J connectivity index is 1.61. The Morgan fingerprint density at radius 1 is 1.08 bits per heavy atom. The highest BCUT2D eigenvalue weighted by atomic mass is 19.2. The minimum Gasteiger partial charge on any atom is -0.458 e. The van der Waals surface area contributed by atoms with Crippen LogP contribution in [-0.4, -0.2) is 35.4 Å². The largest absolute Gasteiger partial charge is 0.458 e. The first-order valence-corrected chi connectivity index (χ1v) is 12.3. The molecule has 0 bridgehead atoms. The van der Waals surface area contributed by atoms with Gasteiger partial charge in [0, 0.05) is 12.8 Å². The zero-order valence-corrected chi connectivity index (χ0v) is 21.3. The zero-order valence-electron chi connectivity index (χ0n) is 21.3. The molecule has 1 aliphatic carbocycles. The number of rotatable bonds is 6. The van der Waals surface area contributed by atoms with Gasteiger partial charge in [0.1, 0.15) is 18.0 Å². The van der Waals surface area contributed by atoms with Crippen molar-refractivity contribution < 1.29 is 42.4 Å². The number of hydrogen-bond donors (Lipinski definition) is 1. The first-order valence-electron chi connectivity index (χ1n) is 12.3. The van der Waals surface area contributed by atoms with E-state index in [1.807, 2.05) is 19.9 Å². The van der Waals surface area contributed by atoms with E-state index >= 15 is 0 Å². The second-order valence-electron chi connectivity index (χ2n) is 10.3. The standard InChI is InChI=1S/C29H29F3O6/c1-16-10-17(4-8-24(16)30)22-14-21(37-38-28(35)18-5-9-25(31)26(32)11-18)15-29(2,3)23(22)7-6-20-12-19(33)13-27(34)36-20/h4-11,19-21,33H,12-15H2,1-3H3/t19-,20-,21?/m0/s1. The smallest absolute Gasteiger partial charge is 0.373 e. The normalized spacial score (nSPS) is 23.4. The van der Waals surface area contributed by atoms with E-state index in [9.17, 15) is 27.9 Å². The molecule has 3 atom stereocenters. The van der Waals surface area contributed by atoms with Crippen LogP contribution in [0, 0.1) is 29.8 Å². The third-order valence-corrected chi connectivity index (χ3v) is 6.81. The van der Waals surface area contributed by atoms with Crippen LogP contribution in [-0.2, 0) is 19.3 Å². The van der Waals surface area contributed by atoms with E-state index in [-0.39, 0.29) is 24.2 Å². The summed E-state index contributed by atoms with van der Waals surface area (Å²) >= 11 is 0. The van der Waals surface area contributed by atoms with Gasteiger partial charge in [-0.2, -0.15) is 4.89 Å². The predicted molar refractivity (Wildman–Crippen MR) is 132 cm³/mol. The molecule has 0 amide bonds. The van der Waals surface area contributed by atoms with Gasteiger partial charge in [0.15, 0.2) is 11.6 Å². The quantitative estimate of drug-likeness (QED) is 0.290. The van der Waals surface area contributed by atoms with Crippen molar-refractivity contribution in [3.05, 3.63) is 88.3 Å². The number of aryl methyl sites for hydroxylation is 1. The lowest BCUT2D eigenvalue weighted by atomic mass is 9.69. The number of benzene rings is 2. The highest BCUT2D eigenvalue weighted by molar-refractivity contribution is 5.88. The molecule has 1 saturated heterocycles. The molecule has 1 unspecified atom stereocenters. The summed E-state index contributed by atoms with van der Waals surface area (Å²) in [7, 11) is 0. The fourth-order valence-corrected chi connectivity index (χ4v) is 4.91. The van der Waals surface area contributed by atoms with Crippen LogP contribution in [0.4, 0.5) is 13.2 Å². The van der Waals surface area contributed by atoms with Gasteiger partial charge >= 0.3 is 11.9 Å². The van der Waals surface area contributed by atoms with Crippen molar-refractivity contribution in [3.8, 4) is 0 Å². The molecule has 1 fully saturated rings. The molecule has 2 aromatic rings. The Morgan fingerprint density at radius 2 is 1.82 bits per heavy atom. The highest BCUT2D eigenvalue weighted by Gasteiger charge is 2.37. The average molecular weight is 531 g/mol. The van der Waals surface area contributed by atoms with Crippen molar-refractivity contribution in [2.45, 2.75) is 64.8 Å². The molecule has 4 rings (SSSR count). The number of allylic oxidation sites excluding steroid dienone is 2. The number of hydrogen-bond acceptors (Lipinski definition) is 6. The van der Waals surface area contributed by atoms with Gasteiger partial charge in [0.25, 0.3) is 0 Å². The van der Waals surface area contributed by atoms with Crippen LogP contribution in [0.25, 0.3) is 5.57 Å². The molecule has 202 valence electrons. The van der Waals surface area contributed by atoms with Gasteiger partial charge in [-0.05, 0) is 77.4 Å². The molecule has 0 aromatic heterocycles. The lowest BCUT2D eigenvalue weighted by Gasteiger charge is -2.38. The summed E-state index contributed by atoms with van der Waals surface area (Å²) in [5, 5.41) is 9.95. The molecule has 6 nitrogen and oxygen atoms in total. The fourth-order valence-electron chi connectivity index (χ4n) is 4.91. The van der Waals surface area contributed by atoms with Gasteiger partial charge in [0.2, 0.25) is 0 Å². The number of carbonyl (C=O) groups excluding carboxylic acids is 2. The summed E-state index contributed by atoms with van der Waals surface area (Å²) in [4.78, 5) is 34.6. The van der Waals surface area contributed by atoms with E-state index in [1.165, 1.54) is 6.07 Å². The minimum absolute atomic E-state index is 0.0407. The number of aliphatic hydroxyl groups is 1. The lowest BCUT2D eigenvalue weighted by Crippen LogP contribution is -2.32. The Bertz CT molecular complexity index is 1300. The van der Waals surface area contributed by atoms with Crippen LogP contribution < -0.4 is 0 Å². The van der Waals surface area contributed by atoms with Crippen molar-refractivity contribution >= 4 is 17.5 Å². The van der Waals surface area contributed by atoms with Gasteiger partial charge < -0.3 is 9.84 Å². The third-order valence-electron chi connectivity index (χ3n) is 6.81. The van der Waals surface area contributed by atoms with Gasteiger partial charge in [-0.3, -0.25) is 9.68 Å². The highest BCUT2D eigenvalue weighted by Crippen LogP contribution is 2.46. The molecule has 0 spiro atoms. The Kier molecular flexibility index (Phi) is 8.08. The molecule has 38 heavy (non-hydrogen) atoms. The SMILES string of the molecule is Cc1cc(C2=C(C=C[C@H]3C[C@H](O)CC(=O)O3)C(C)(C)CC(OOC(=O)c3ccc(F)c(F)c3)C2)ccc1F. The molecule has 0 radical (unpaired) electrons. The summed E-state index contributed by atoms with van der Waals surface area (Å²) in [6.45, 7) is 5.60. The van der Waals surface area contributed by atoms with Crippen LogP contribution in [0.3, 0.4) is 0 Å². The van der Waals surface area contributed by atoms with Crippen molar-refractivity contribution in [1.82, 2.24) is 0 Å². The number of ether oxygens (including phenoxy) is 1. The van der Waals surface area contributed by atoms with Crippen LogP contribution >= 0.6 is 0 Å². The fraction of sp³-hybridized carbons (Fsp3) is 0.379. The topological polar surface area (TPSA) is 82.1 Å². The first kappa shape index (κ1) is 27.6. The van der Waals surface area contributed by atoms with Gasteiger partial charge in [-0.15, -0.1) is 0 Å². The number of aliphatic hydroxyl groups excluding tert-OH is 1. The van der Waals surface area contributed by atoms with Gasteiger partial charge in [-0.25, -0.2) is 18.0 Å². The third kappa shape index (κ3) is 6.34. The van der Waals surface area contributed by atoms with E-state index in [0.29, 0.717) is 18.4 Å². The van der Waals surface area contributed by atoms with E-state index in [0.717, 1.165) is 34.9 Å². The summed E-state index contributed by atoms with van der Waals surface area (Å²) in [6.07, 6.45) is 2.60. The minimum atomic E-state index is -1.18. The van der Waals surface area contributed by atoms with E-state index in [4.69, 9.17) is 14.5 Å². The van der Waals surface area contributed by atoms with Crippen LogP contribution in [0.1, 0.15) is 61.0 Å². The molecular formula is C29H29F3O6. The van der Waals surface area contributed by atoms with Gasteiger partial charge in [-0.1, -0.05) is 26.0 Å². The number of cyclic esters (lactones) is 1. The summed E-state index contributed by atoms with van der Waals surface area (Å²) in [6, 6.07) is 7.40. The van der Waals surface area contributed by atoms with Gasteiger partial charge in [0.05, 0.1) is 18.1 Å². The maximum atomic E-state index is 14.0. The van der Waals surface area contributed by atoms with Crippen LogP contribution in [0.15, 0.2) is 54.1 Å². The second kappa shape index (κ2) is 11.1. The number of carbonyl (C=O) groups is 2. The average Bonchev–Trinajstić information content (AvgIpc) is 2.84. The maximum Gasteiger partial charge on any atom is 0.373 e. The first-order chi connectivity index (χ1) is 17.9. The monoisotopic (exact) mass is 530 g/mol. The molecule has 0 saturated carbocycles. The lowest BCUT2D eigenvalue weighted by molar-refractivity contribution is -0.278. The Morgan fingerprint density at radius 3 is 2.50 bits per heavy atom. The van der Waals surface area contributed by atoms with Crippen LogP contribution in [0.2, 0.25) is 0 Å². The maximum absolute atomic E-state index is 14.0. The second-order valence-corrected chi connectivity index (χ2v) is 10.3. The van der Waals surface area contributed by atoms with E-state index in [2.05, 4.69) is 0 Å². The molecule has 1 N–H and O–H groups in total. The van der Waals surface area contributed by atoms with Crippen molar-refractivity contribution in [2.75, 3.05) is 0 Å². The van der Waals surface area contributed by atoms with Crippen LogP contribution in [0.5, 0.6) is 0 Å². The molecule has 1 aliphatic heterocycles. The molecule has 2 aromatic carbocycles. The zero-order chi connectivity index (χ0) is 27.6. The number of halogens is 3. The summed E-state index contributed by atoms with van der Waals surface area (Å²) in [5.74, 6) is -4.05. The van der Waals surface area contributed by atoms with Crippen molar-refractivity contribution in [2.24, 2.45) is 5.41 Å². The Hall–Kier alpha value is -3.43. The van der Waals surface area contributed by atoms with Crippen molar-refractivity contribution in [1.29, 1.82) is 0 Å². The van der Waals surface area contributed by atoms with E-state index < -0.39 is 47.3 Å².